The molecular formula is C14H12ClFN2O2. The van der Waals surface area contributed by atoms with Crippen LogP contribution in [0.15, 0.2) is 42.6 Å². The van der Waals surface area contributed by atoms with E-state index in [0.29, 0.717) is 16.6 Å². The van der Waals surface area contributed by atoms with Gasteiger partial charge < -0.3 is 10.1 Å². The number of aromatic nitrogens is 1. The highest BCUT2D eigenvalue weighted by molar-refractivity contribution is 6.30. The summed E-state index contributed by atoms with van der Waals surface area (Å²) in [6.07, 6.45) is 0.695. The quantitative estimate of drug-likeness (QED) is 0.941. The van der Waals surface area contributed by atoms with Gasteiger partial charge in [-0.25, -0.2) is 9.37 Å². The predicted octanol–water partition coefficient (Wildman–Crippen LogP) is 3.28. The number of hydrogen-bond donors (Lipinski definition) is 1. The van der Waals surface area contributed by atoms with Gasteiger partial charge in [-0.15, -0.1) is 0 Å². The Bertz CT molecular complexity index is 587. The summed E-state index contributed by atoms with van der Waals surface area (Å²) in [4.78, 5) is 15.8. The number of benzene rings is 1. The second kappa shape index (κ2) is 6.34. The molecule has 1 heterocycles. The molecule has 0 spiro atoms. The van der Waals surface area contributed by atoms with Crippen LogP contribution in [0.1, 0.15) is 6.92 Å². The standard InChI is InChI=1S/C14H12ClFN2O2/c1-9(20-12-5-3-11(16)4-6-12)14(19)18-13-7-2-10(15)8-17-13/h2-9H,1H3,(H,17,18,19)/t9-/m0/s1. The van der Waals surface area contributed by atoms with Gasteiger partial charge in [-0.05, 0) is 43.3 Å². The third-order valence-corrected chi connectivity index (χ3v) is 2.70. The first-order valence-corrected chi connectivity index (χ1v) is 6.27. The number of carbonyl (C=O) groups is 1. The molecule has 0 aliphatic rings. The zero-order valence-corrected chi connectivity index (χ0v) is 11.4. The van der Waals surface area contributed by atoms with E-state index in [1.165, 1.54) is 30.5 Å². The number of pyridine rings is 1. The third-order valence-electron chi connectivity index (χ3n) is 2.47. The van der Waals surface area contributed by atoms with Crippen molar-refractivity contribution in [2.75, 3.05) is 5.32 Å². The van der Waals surface area contributed by atoms with Crippen molar-refractivity contribution < 1.29 is 13.9 Å². The van der Waals surface area contributed by atoms with Crippen molar-refractivity contribution in [1.29, 1.82) is 0 Å². The van der Waals surface area contributed by atoms with E-state index >= 15 is 0 Å². The lowest BCUT2D eigenvalue weighted by molar-refractivity contribution is -0.122. The van der Waals surface area contributed by atoms with Crippen molar-refractivity contribution in [3.05, 3.63) is 53.4 Å². The summed E-state index contributed by atoms with van der Waals surface area (Å²) in [5.74, 6) is 0.0797. The average Bonchev–Trinajstić information content (AvgIpc) is 2.44. The number of hydrogen-bond acceptors (Lipinski definition) is 3. The SMILES string of the molecule is C[C@H](Oc1ccc(F)cc1)C(=O)Nc1ccc(Cl)cn1. The Balaban J connectivity index is 1.94. The molecule has 20 heavy (non-hydrogen) atoms. The summed E-state index contributed by atoms with van der Waals surface area (Å²) in [6, 6.07) is 8.65. The number of nitrogens with zero attached hydrogens (tertiary/aromatic N) is 1. The molecule has 1 aromatic heterocycles. The average molecular weight is 295 g/mol. The molecule has 2 rings (SSSR count). The molecule has 1 amide bonds. The predicted molar refractivity (Wildman–Crippen MR) is 74.4 cm³/mol. The number of anilines is 1. The highest BCUT2D eigenvalue weighted by Gasteiger charge is 2.15. The summed E-state index contributed by atoms with van der Waals surface area (Å²) in [6.45, 7) is 1.59. The molecule has 0 saturated carbocycles. The molecule has 2 aromatic rings. The topological polar surface area (TPSA) is 51.2 Å². The normalized spacial score (nSPS) is 11.8. The van der Waals surface area contributed by atoms with E-state index in [2.05, 4.69) is 10.3 Å². The van der Waals surface area contributed by atoms with Gasteiger partial charge in [0, 0.05) is 6.20 Å². The van der Waals surface area contributed by atoms with Crippen LogP contribution in [0.5, 0.6) is 5.75 Å². The Morgan fingerprint density at radius 2 is 2.00 bits per heavy atom. The Labute approximate surface area is 120 Å². The first-order chi connectivity index (χ1) is 9.54. The first-order valence-electron chi connectivity index (χ1n) is 5.89. The first kappa shape index (κ1) is 14.3. The minimum atomic E-state index is -0.738. The number of amides is 1. The highest BCUT2D eigenvalue weighted by Crippen LogP contribution is 2.14. The summed E-state index contributed by atoms with van der Waals surface area (Å²) >= 11 is 5.70. The van der Waals surface area contributed by atoms with Gasteiger partial charge in [0.05, 0.1) is 5.02 Å². The largest absolute Gasteiger partial charge is 0.481 e. The monoisotopic (exact) mass is 294 g/mol. The van der Waals surface area contributed by atoms with Gasteiger partial charge in [0.15, 0.2) is 6.10 Å². The maximum atomic E-state index is 12.7. The Hall–Kier alpha value is -2.14. The van der Waals surface area contributed by atoms with Crippen molar-refractivity contribution >= 4 is 23.3 Å². The zero-order valence-electron chi connectivity index (χ0n) is 10.6. The van der Waals surface area contributed by atoms with Crippen molar-refractivity contribution in [3.63, 3.8) is 0 Å². The number of ether oxygens (including phenoxy) is 1. The molecule has 0 radical (unpaired) electrons. The van der Waals surface area contributed by atoms with E-state index in [4.69, 9.17) is 16.3 Å². The second-order valence-corrected chi connectivity index (χ2v) is 4.50. The van der Waals surface area contributed by atoms with E-state index in [-0.39, 0.29) is 11.7 Å². The van der Waals surface area contributed by atoms with Crippen LogP contribution in [-0.4, -0.2) is 17.0 Å². The number of carbonyl (C=O) groups excluding carboxylic acids is 1. The van der Waals surface area contributed by atoms with Crippen LogP contribution in [-0.2, 0) is 4.79 Å². The van der Waals surface area contributed by atoms with Gasteiger partial charge in [0.2, 0.25) is 0 Å². The molecule has 0 saturated heterocycles. The van der Waals surface area contributed by atoms with Crippen molar-refractivity contribution in [1.82, 2.24) is 4.98 Å². The molecule has 1 atom stereocenters. The third kappa shape index (κ3) is 3.93. The molecular weight excluding hydrogens is 283 g/mol. The molecule has 104 valence electrons. The van der Waals surface area contributed by atoms with Gasteiger partial charge in [0.25, 0.3) is 5.91 Å². The summed E-state index contributed by atoms with van der Waals surface area (Å²) < 4.78 is 18.1. The van der Waals surface area contributed by atoms with Crippen molar-refractivity contribution in [3.8, 4) is 5.75 Å². The maximum absolute atomic E-state index is 12.7. The zero-order chi connectivity index (χ0) is 14.5. The highest BCUT2D eigenvalue weighted by atomic mass is 35.5. The van der Waals surface area contributed by atoms with Crippen LogP contribution in [0, 0.1) is 5.82 Å². The van der Waals surface area contributed by atoms with Crippen LogP contribution in [0.3, 0.4) is 0 Å². The lowest BCUT2D eigenvalue weighted by Crippen LogP contribution is -2.30. The number of nitrogens with one attached hydrogen (secondary N) is 1. The fourth-order valence-corrected chi connectivity index (χ4v) is 1.56. The summed E-state index contributed by atoms with van der Waals surface area (Å²) in [5, 5.41) is 3.08. The Morgan fingerprint density at radius 3 is 2.60 bits per heavy atom. The Morgan fingerprint density at radius 1 is 1.30 bits per heavy atom. The fraction of sp³-hybridized carbons (Fsp3) is 0.143. The van der Waals surface area contributed by atoms with Gasteiger partial charge in [0.1, 0.15) is 17.4 Å². The number of rotatable bonds is 4. The van der Waals surface area contributed by atoms with Crippen molar-refractivity contribution in [2.45, 2.75) is 13.0 Å². The van der Waals surface area contributed by atoms with Gasteiger partial charge in [-0.3, -0.25) is 4.79 Å². The van der Waals surface area contributed by atoms with Gasteiger partial charge in [-0.1, -0.05) is 11.6 Å². The fourth-order valence-electron chi connectivity index (χ4n) is 1.45. The molecule has 6 heteroatoms. The Kier molecular flexibility index (Phi) is 4.53. The van der Waals surface area contributed by atoms with E-state index < -0.39 is 6.10 Å². The van der Waals surface area contributed by atoms with E-state index in [0.717, 1.165) is 0 Å². The van der Waals surface area contributed by atoms with Crippen molar-refractivity contribution in [2.24, 2.45) is 0 Å². The molecule has 0 fully saturated rings. The molecule has 0 bridgehead atoms. The van der Waals surface area contributed by atoms with Crippen LogP contribution < -0.4 is 10.1 Å². The minimum Gasteiger partial charge on any atom is -0.481 e. The maximum Gasteiger partial charge on any atom is 0.266 e. The van der Waals surface area contributed by atoms with Crippen LogP contribution in [0.2, 0.25) is 5.02 Å². The van der Waals surface area contributed by atoms with Gasteiger partial charge >= 0.3 is 0 Å². The molecule has 0 aliphatic carbocycles. The molecule has 1 aromatic carbocycles. The minimum absolute atomic E-state index is 0.357. The van der Waals surface area contributed by atoms with E-state index in [9.17, 15) is 9.18 Å². The lowest BCUT2D eigenvalue weighted by atomic mass is 10.3. The molecule has 0 unspecified atom stereocenters. The van der Waals surface area contributed by atoms with E-state index in [1.54, 1.807) is 19.1 Å². The van der Waals surface area contributed by atoms with Crippen LogP contribution in [0.25, 0.3) is 0 Å². The van der Waals surface area contributed by atoms with Gasteiger partial charge in [-0.2, -0.15) is 0 Å². The summed E-state index contributed by atoms with van der Waals surface area (Å²) in [7, 11) is 0. The lowest BCUT2D eigenvalue weighted by Gasteiger charge is -2.14. The van der Waals surface area contributed by atoms with Crippen LogP contribution >= 0.6 is 11.6 Å². The second-order valence-electron chi connectivity index (χ2n) is 4.06. The molecule has 0 aliphatic heterocycles. The number of halogens is 2. The smallest absolute Gasteiger partial charge is 0.266 e. The summed E-state index contributed by atoms with van der Waals surface area (Å²) in [5.41, 5.74) is 0. The molecule has 1 N–H and O–H groups in total. The van der Waals surface area contributed by atoms with E-state index in [1.807, 2.05) is 0 Å². The van der Waals surface area contributed by atoms with Crippen LogP contribution in [0.4, 0.5) is 10.2 Å². The molecule has 4 nitrogen and oxygen atoms in total.